The molecular formula is C31H36N6O4. The van der Waals surface area contributed by atoms with Gasteiger partial charge in [-0.05, 0) is 82.2 Å². The number of nitrogens with zero attached hydrogens (tertiary/aromatic N) is 3. The van der Waals surface area contributed by atoms with Gasteiger partial charge in [0.25, 0.3) is 11.5 Å². The molecule has 10 nitrogen and oxygen atoms in total. The van der Waals surface area contributed by atoms with Crippen molar-refractivity contribution in [3.63, 3.8) is 0 Å². The second kappa shape index (κ2) is 11.0. The van der Waals surface area contributed by atoms with Crippen molar-refractivity contribution in [1.29, 1.82) is 0 Å². The van der Waals surface area contributed by atoms with Gasteiger partial charge in [-0.2, -0.15) is 0 Å². The minimum absolute atomic E-state index is 0.0537. The van der Waals surface area contributed by atoms with Crippen molar-refractivity contribution >= 4 is 22.6 Å². The fraction of sp³-hybridized carbons (Fsp3) is 0.387. The van der Waals surface area contributed by atoms with Gasteiger partial charge in [0.05, 0.1) is 16.7 Å². The van der Waals surface area contributed by atoms with Gasteiger partial charge in [-0.15, -0.1) is 0 Å². The highest BCUT2D eigenvalue weighted by Crippen LogP contribution is 2.32. The Morgan fingerprint density at radius 2 is 1.95 bits per heavy atom. The zero-order chi connectivity index (χ0) is 28.7. The Hall–Kier alpha value is -4.15. The van der Waals surface area contributed by atoms with Crippen molar-refractivity contribution < 1.29 is 14.6 Å². The lowest BCUT2D eigenvalue weighted by Gasteiger charge is -2.34. The van der Waals surface area contributed by atoms with E-state index in [9.17, 15) is 14.7 Å². The van der Waals surface area contributed by atoms with Crippen molar-refractivity contribution in [2.75, 3.05) is 38.6 Å². The van der Waals surface area contributed by atoms with Crippen molar-refractivity contribution in [2.45, 2.75) is 45.4 Å². The molecule has 2 aliphatic rings. The van der Waals surface area contributed by atoms with E-state index in [2.05, 4.69) is 27.2 Å². The van der Waals surface area contributed by atoms with Crippen LogP contribution in [-0.2, 0) is 6.54 Å². The molecule has 4 N–H and O–H groups in total. The van der Waals surface area contributed by atoms with E-state index in [1.807, 2.05) is 49.1 Å². The predicted molar refractivity (Wildman–Crippen MR) is 158 cm³/mol. The van der Waals surface area contributed by atoms with Gasteiger partial charge >= 0.3 is 0 Å². The standard InChI is InChI=1S/C31H36N6O4/c1-18-4-5-27(19(2)12-18)41-17-22(38)15-33-24-6-9-32-30(39)28(24)29-34-25-13-20-16-37(21-7-10-36(3)11-8-21)31(40)23(20)14-26(25)35-29/h4-6,9,12-14,21-22,38H,7-8,10-11,15-17H2,1-3H3,(H,34,35)(H2,32,33,39). The topological polar surface area (TPSA) is 127 Å². The van der Waals surface area contributed by atoms with Crippen molar-refractivity contribution in [2.24, 2.45) is 0 Å². The Bertz CT molecular complexity index is 1650. The molecule has 2 aromatic carbocycles. The SMILES string of the molecule is Cc1ccc(OCC(O)CNc2cc[nH]c(=O)c2-c2nc3cc4c(cc3[nH]2)CN(C2CCN(C)CC2)C4=O)c(C)c1. The number of benzene rings is 2. The maximum absolute atomic E-state index is 13.3. The summed E-state index contributed by atoms with van der Waals surface area (Å²) in [4.78, 5) is 41.2. The minimum Gasteiger partial charge on any atom is -0.491 e. The van der Waals surface area contributed by atoms with Crippen molar-refractivity contribution in [1.82, 2.24) is 24.8 Å². The first kappa shape index (κ1) is 27.0. The quantitative estimate of drug-likeness (QED) is 0.262. The number of H-pyrrole nitrogens is 2. The van der Waals surface area contributed by atoms with Crippen LogP contribution in [0, 0.1) is 13.8 Å². The lowest BCUT2D eigenvalue weighted by Crippen LogP contribution is -2.43. The van der Waals surface area contributed by atoms with Crippen LogP contribution in [0.15, 0.2) is 47.4 Å². The van der Waals surface area contributed by atoms with Gasteiger partial charge in [-0.3, -0.25) is 9.59 Å². The van der Waals surface area contributed by atoms with Crippen LogP contribution in [0.3, 0.4) is 0 Å². The van der Waals surface area contributed by atoms with Crippen LogP contribution in [0.25, 0.3) is 22.4 Å². The molecular weight excluding hydrogens is 520 g/mol. The number of ether oxygens (including phenoxy) is 1. The normalized spacial score (nSPS) is 16.8. The summed E-state index contributed by atoms with van der Waals surface area (Å²) in [5.41, 5.74) is 5.78. The summed E-state index contributed by atoms with van der Waals surface area (Å²) in [6, 6.07) is 11.7. The van der Waals surface area contributed by atoms with E-state index in [0.29, 0.717) is 34.7 Å². The zero-order valence-corrected chi connectivity index (χ0v) is 23.7. The Morgan fingerprint density at radius 1 is 1.15 bits per heavy atom. The third-order valence-corrected chi connectivity index (χ3v) is 8.16. The van der Waals surface area contributed by atoms with Gasteiger partial charge in [0.15, 0.2) is 0 Å². The number of carbonyl (C=O) groups is 1. The molecule has 4 heterocycles. The van der Waals surface area contributed by atoms with Crippen LogP contribution < -0.4 is 15.6 Å². The molecule has 0 bridgehead atoms. The number of aliphatic hydroxyl groups excluding tert-OH is 1. The number of hydrogen-bond donors (Lipinski definition) is 4. The molecule has 0 radical (unpaired) electrons. The van der Waals surface area contributed by atoms with E-state index < -0.39 is 6.10 Å². The van der Waals surface area contributed by atoms with Crippen LogP contribution in [0.2, 0.25) is 0 Å². The molecule has 1 atom stereocenters. The molecule has 2 aliphatic heterocycles. The summed E-state index contributed by atoms with van der Waals surface area (Å²) >= 11 is 0. The predicted octanol–water partition coefficient (Wildman–Crippen LogP) is 3.44. The number of imidazole rings is 1. The summed E-state index contributed by atoms with van der Waals surface area (Å²) in [5.74, 6) is 1.18. The first-order valence-electron chi connectivity index (χ1n) is 14.1. The number of nitrogens with one attached hydrogen (secondary N) is 3. The van der Waals surface area contributed by atoms with Gasteiger partial charge in [-0.25, -0.2) is 4.98 Å². The van der Waals surface area contributed by atoms with Crippen LogP contribution in [0.4, 0.5) is 5.69 Å². The molecule has 0 saturated carbocycles. The molecule has 0 aliphatic carbocycles. The van der Waals surface area contributed by atoms with Crippen molar-refractivity contribution in [3.05, 3.63) is 75.2 Å². The molecule has 1 amide bonds. The van der Waals surface area contributed by atoms with Crippen LogP contribution in [0.1, 0.15) is 39.9 Å². The Labute approximate surface area is 238 Å². The summed E-state index contributed by atoms with van der Waals surface area (Å²) in [5, 5.41) is 13.8. The summed E-state index contributed by atoms with van der Waals surface area (Å²) in [6.07, 6.45) is 2.71. The summed E-state index contributed by atoms with van der Waals surface area (Å²) < 4.78 is 5.81. The molecule has 2 aromatic heterocycles. The number of aliphatic hydroxyl groups is 1. The molecule has 214 valence electrons. The van der Waals surface area contributed by atoms with Gasteiger partial charge in [0.1, 0.15) is 29.8 Å². The Morgan fingerprint density at radius 3 is 2.73 bits per heavy atom. The Balaban J connectivity index is 1.18. The maximum atomic E-state index is 13.3. The smallest absolute Gasteiger partial charge is 0.261 e. The van der Waals surface area contributed by atoms with E-state index in [0.717, 1.165) is 53.9 Å². The number of aromatic amines is 2. The highest BCUT2D eigenvalue weighted by atomic mass is 16.5. The van der Waals surface area contributed by atoms with Crippen LogP contribution >= 0.6 is 0 Å². The minimum atomic E-state index is -0.806. The zero-order valence-electron chi connectivity index (χ0n) is 23.7. The molecule has 41 heavy (non-hydrogen) atoms. The molecule has 4 aromatic rings. The molecule has 10 heteroatoms. The monoisotopic (exact) mass is 556 g/mol. The molecule has 1 fully saturated rings. The molecule has 1 unspecified atom stereocenters. The maximum Gasteiger partial charge on any atom is 0.261 e. The number of rotatable bonds is 8. The number of aromatic nitrogens is 3. The number of anilines is 1. The number of aryl methyl sites for hydroxylation is 2. The Kier molecular flexibility index (Phi) is 7.27. The second-order valence-corrected chi connectivity index (χ2v) is 11.3. The molecule has 6 rings (SSSR count). The van der Waals surface area contributed by atoms with E-state index >= 15 is 0 Å². The van der Waals surface area contributed by atoms with Gasteiger partial charge < -0.3 is 34.9 Å². The first-order chi connectivity index (χ1) is 19.8. The van der Waals surface area contributed by atoms with E-state index in [1.54, 1.807) is 12.3 Å². The summed E-state index contributed by atoms with van der Waals surface area (Å²) in [6.45, 7) is 6.86. The number of hydrogen-bond acceptors (Lipinski definition) is 7. The number of amides is 1. The van der Waals surface area contributed by atoms with Crippen LogP contribution in [-0.4, -0.2) is 81.2 Å². The lowest BCUT2D eigenvalue weighted by molar-refractivity contribution is 0.0617. The van der Waals surface area contributed by atoms with E-state index in [1.165, 1.54) is 0 Å². The van der Waals surface area contributed by atoms with Crippen molar-refractivity contribution in [3.8, 4) is 17.1 Å². The van der Waals surface area contributed by atoms with E-state index in [-0.39, 0.29) is 30.7 Å². The number of likely N-dealkylation sites (tertiary alicyclic amines) is 1. The second-order valence-electron chi connectivity index (χ2n) is 11.3. The van der Waals surface area contributed by atoms with Gasteiger partial charge in [-0.1, -0.05) is 17.7 Å². The average molecular weight is 557 g/mol. The highest BCUT2D eigenvalue weighted by Gasteiger charge is 2.34. The third kappa shape index (κ3) is 5.45. The largest absolute Gasteiger partial charge is 0.491 e. The molecule has 1 saturated heterocycles. The fourth-order valence-corrected chi connectivity index (χ4v) is 5.86. The van der Waals surface area contributed by atoms with Gasteiger partial charge in [0, 0.05) is 30.9 Å². The highest BCUT2D eigenvalue weighted by molar-refractivity contribution is 6.02. The van der Waals surface area contributed by atoms with E-state index in [4.69, 9.17) is 9.72 Å². The number of pyridine rings is 1. The van der Waals surface area contributed by atoms with Crippen LogP contribution in [0.5, 0.6) is 5.75 Å². The number of piperidine rings is 1. The lowest BCUT2D eigenvalue weighted by atomic mass is 10.0. The fourth-order valence-electron chi connectivity index (χ4n) is 5.86. The first-order valence-corrected chi connectivity index (χ1v) is 14.1. The number of carbonyl (C=O) groups excluding carboxylic acids is 1. The van der Waals surface area contributed by atoms with Gasteiger partial charge in [0.2, 0.25) is 0 Å². The third-order valence-electron chi connectivity index (χ3n) is 8.16. The molecule has 0 spiro atoms. The average Bonchev–Trinajstić information content (AvgIpc) is 3.50. The summed E-state index contributed by atoms with van der Waals surface area (Å²) in [7, 11) is 2.12. The number of fused-ring (bicyclic) bond motifs is 2.